The molecule has 0 fully saturated rings. The first kappa shape index (κ1) is 15.1. The molecule has 20 heavy (non-hydrogen) atoms. The van der Waals surface area contributed by atoms with Crippen molar-refractivity contribution in [3.63, 3.8) is 0 Å². The van der Waals surface area contributed by atoms with E-state index in [9.17, 15) is 0 Å². The Hall–Kier alpha value is -1.29. The van der Waals surface area contributed by atoms with Crippen LogP contribution in [0.5, 0.6) is 11.5 Å². The Bertz CT molecular complexity index is 663. The zero-order valence-electron chi connectivity index (χ0n) is 11.0. The Morgan fingerprint density at radius 1 is 1.05 bits per heavy atom. The lowest BCUT2D eigenvalue weighted by Gasteiger charge is -2.15. The van der Waals surface area contributed by atoms with Crippen LogP contribution in [-0.4, -0.2) is 4.99 Å². The summed E-state index contributed by atoms with van der Waals surface area (Å²) in [6, 6.07) is 8.86. The molecular weight excluding hydrogens is 313 g/mol. The van der Waals surface area contributed by atoms with Crippen LogP contribution in [-0.2, 0) is 0 Å². The van der Waals surface area contributed by atoms with Gasteiger partial charge in [0.1, 0.15) is 16.5 Å². The van der Waals surface area contributed by atoms with Gasteiger partial charge in [0, 0.05) is 16.1 Å². The van der Waals surface area contributed by atoms with Gasteiger partial charge in [-0.3, -0.25) is 0 Å². The Kier molecular flexibility index (Phi) is 4.53. The second kappa shape index (κ2) is 6.00. The maximum absolute atomic E-state index is 6.01. The summed E-state index contributed by atoms with van der Waals surface area (Å²) in [4.78, 5) is 0.265. The lowest BCUT2D eigenvalue weighted by molar-refractivity contribution is 0.474. The van der Waals surface area contributed by atoms with Gasteiger partial charge in [-0.05, 0) is 49.2 Å². The molecular formula is C15H13Cl2NOS. The highest BCUT2D eigenvalue weighted by Crippen LogP contribution is 2.34. The van der Waals surface area contributed by atoms with Crippen molar-refractivity contribution in [1.82, 2.24) is 0 Å². The number of aryl methyl sites for hydroxylation is 2. The third-order valence-corrected chi connectivity index (χ3v) is 3.52. The fraction of sp³-hybridized carbons (Fsp3) is 0.133. The van der Waals surface area contributed by atoms with E-state index in [1.807, 2.05) is 26.0 Å². The Labute approximate surface area is 133 Å². The van der Waals surface area contributed by atoms with Crippen LogP contribution in [0, 0.1) is 13.8 Å². The first-order valence-corrected chi connectivity index (χ1v) is 7.09. The average Bonchev–Trinajstić information content (AvgIpc) is 2.33. The quantitative estimate of drug-likeness (QED) is 0.803. The standard InChI is InChI=1S/C15H13Cl2NOS/c1-8-5-11(17)6-9(2)14(8)19-13-7-10(16)3-4-12(13)15(18)20/h3-7H,1-2H3,(H2,18,20). The van der Waals surface area contributed by atoms with Crippen molar-refractivity contribution in [1.29, 1.82) is 0 Å². The van der Waals surface area contributed by atoms with Crippen molar-refractivity contribution in [2.45, 2.75) is 13.8 Å². The first-order chi connectivity index (χ1) is 9.38. The van der Waals surface area contributed by atoms with E-state index < -0.39 is 0 Å². The molecule has 2 aromatic carbocycles. The van der Waals surface area contributed by atoms with Crippen molar-refractivity contribution < 1.29 is 4.74 Å². The van der Waals surface area contributed by atoms with Crippen LogP contribution < -0.4 is 10.5 Å². The Morgan fingerprint density at radius 2 is 1.65 bits per heavy atom. The van der Waals surface area contributed by atoms with E-state index in [0.29, 0.717) is 21.4 Å². The normalized spacial score (nSPS) is 10.4. The summed E-state index contributed by atoms with van der Waals surface area (Å²) in [6.45, 7) is 3.86. The summed E-state index contributed by atoms with van der Waals surface area (Å²) in [5.41, 5.74) is 8.23. The van der Waals surface area contributed by atoms with E-state index >= 15 is 0 Å². The SMILES string of the molecule is Cc1cc(Cl)cc(C)c1Oc1cc(Cl)ccc1C(N)=S. The van der Waals surface area contributed by atoms with Gasteiger partial charge in [-0.25, -0.2) is 0 Å². The zero-order valence-corrected chi connectivity index (χ0v) is 13.4. The van der Waals surface area contributed by atoms with Gasteiger partial charge < -0.3 is 10.5 Å². The Balaban J connectivity index is 2.50. The monoisotopic (exact) mass is 325 g/mol. The topological polar surface area (TPSA) is 35.2 Å². The molecule has 0 aliphatic heterocycles. The lowest BCUT2D eigenvalue weighted by atomic mass is 10.1. The summed E-state index contributed by atoms with van der Waals surface area (Å²) in [5.74, 6) is 1.27. The third kappa shape index (κ3) is 3.23. The number of hydrogen-bond acceptors (Lipinski definition) is 2. The maximum atomic E-state index is 6.01. The van der Waals surface area contributed by atoms with Crippen LogP contribution in [0.1, 0.15) is 16.7 Å². The highest BCUT2D eigenvalue weighted by molar-refractivity contribution is 7.80. The first-order valence-electron chi connectivity index (χ1n) is 5.92. The fourth-order valence-corrected chi connectivity index (χ4v) is 2.61. The summed E-state index contributed by atoms with van der Waals surface area (Å²) in [5, 5.41) is 1.23. The van der Waals surface area contributed by atoms with Crippen LogP contribution in [0.2, 0.25) is 10.0 Å². The smallest absolute Gasteiger partial charge is 0.139 e. The summed E-state index contributed by atoms with van der Waals surface area (Å²) >= 11 is 17.1. The molecule has 2 nitrogen and oxygen atoms in total. The molecule has 0 atom stereocenters. The molecule has 0 saturated carbocycles. The molecule has 0 aromatic heterocycles. The molecule has 0 radical (unpaired) electrons. The average molecular weight is 326 g/mol. The third-order valence-electron chi connectivity index (χ3n) is 2.85. The molecule has 2 rings (SSSR count). The second-order valence-electron chi connectivity index (χ2n) is 4.48. The van der Waals surface area contributed by atoms with Gasteiger partial charge in [0.05, 0.1) is 5.56 Å². The number of halogens is 2. The summed E-state index contributed by atoms with van der Waals surface area (Å²) < 4.78 is 5.96. The lowest BCUT2D eigenvalue weighted by Crippen LogP contribution is -2.11. The number of ether oxygens (including phenoxy) is 1. The molecule has 2 aromatic rings. The predicted molar refractivity (Wildman–Crippen MR) is 88.3 cm³/mol. The van der Waals surface area contributed by atoms with E-state index in [-0.39, 0.29) is 4.99 Å². The minimum atomic E-state index is 0.265. The van der Waals surface area contributed by atoms with Gasteiger partial charge in [-0.2, -0.15) is 0 Å². The van der Waals surface area contributed by atoms with Gasteiger partial charge in [0.25, 0.3) is 0 Å². The molecule has 104 valence electrons. The number of rotatable bonds is 3. The van der Waals surface area contributed by atoms with E-state index in [0.717, 1.165) is 16.9 Å². The van der Waals surface area contributed by atoms with Crippen LogP contribution >= 0.6 is 35.4 Å². The Morgan fingerprint density at radius 3 is 2.20 bits per heavy atom. The number of thiocarbonyl (C=S) groups is 1. The summed E-state index contributed by atoms with van der Waals surface area (Å²) in [7, 11) is 0. The van der Waals surface area contributed by atoms with E-state index in [1.54, 1.807) is 18.2 Å². The van der Waals surface area contributed by atoms with Gasteiger partial charge >= 0.3 is 0 Å². The van der Waals surface area contributed by atoms with Crippen molar-refractivity contribution in [3.05, 3.63) is 57.1 Å². The van der Waals surface area contributed by atoms with Gasteiger partial charge in [0.15, 0.2) is 0 Å². The number of hydrogen-bond donors (Lipinski definition) is 1. The highest BCUT2D eigenvalue weighted by Gasteiger charge is 2.12. The van der Waals surface area contributed by atoms with Crippen molar-refractivity contribution in [2.75, 3.05) is 0 Å². The molecule has 0 unspecified atom stereocenters. The molecule has 0 saturated heterocycles. The highest BCUT2D eigenvalue weighted by atomic mass is 35.5. The van der Waals surface area contributed by atoms with Crippen LogP contribution in [0.15, 0.2) is 30.3 Å². The number of nitrogens with two attached hydrogens (primary N) is 1. The molecule has 0 heterocycles. The molecule has 0 spiro atoms. The van der Waals surface area contributed by atoms with Crippen molar-refractivity contribution in [3.8, 4) is 11.5 Å². The van der Waals surface area contributed by atoms with Crippen LogP contribution in [0.25, 0.3) is 0 Å². The zero-order chi connectivity index (χ0) is 14.9. The largest absolute Gasteiger partial charge is 0.456 e. The fourth-order valence-electron chi connectivity index (χ4n) is 1.95. The predicted octanol–water partition coefficient (Wildman–Crippen LogP) is 5.04. The molecule has 5 heteroatoms. The maximum Gasteiger partial charge on any atom is 0.139 e. The minimum absolute atomic E-state index is 0.265. The van der Waals surface area contributed by atoms with Crippen LogP contribution in [0.3, 0.4) is 0 Å². The van der Waals surface area contributed by atoms with E-state index in [1.165, 1.54) is 0 Å². The number of benzene rings is 2. The van der Waals surface area contributed by atoms with Gasteiger partial charge in [-0.15, -0.1) is 0 Å². The van der Waals surface area contributed by atoms with E-state index in [2.05, 4.69) is 0 Å². The summed E-state index contributed by atoms with van der Waals surface area (Å²) in [6.07, 6.45) is 0. The van der Waals surface area contributed by atoms with Gasteiger partial charge in [0.2, 0.25) is 0 Å². The molecule has 0 amide bonds. The van der Waals surface area contributed by atoms with E-state index in [4.69, 9.17) is 45.9 Å². The second-order valence-corrected chi connectivity index (χ2v) is 5.79. The molecule has 0 bridgehead atoms. The van der Waals surface area contributed by atoms with Crippen molar-refractivity contribution >= 4 is 40.4 Å². The van der Waals surface area contributed by atoms with Crippen molar-refractivity contribution in [2.24, 2.45) is 5.73 Å². The molecule has 2 N–H and O–H groups in total. The molecule has 0 aliphatic carbocycles. The van der Waals surface area contributed by atoms with Gasteiger partial charge in [-0.1, -0.05) is 35.4 Å². The molecule has 0 aliphatic rings. The minimum Gasteiger partial charge on any atom is -0.456 e. The van der Waals surface area contributed by atoms with Crippen LogP contribution in [0.4, 0.5) is 0 Å².